The van der Waals surface area contributed by atoms with Crippen LogP contribution in [0.2, 0.25) is 0 Å². The highest BCUT2D eigenvalue weighted by atomic mass is 35.5. The number of anilines is 1. The fraction of sp³-hybridized carbons (Fsp3) is 0.333. The van der Waals surface area contributed by atoms with E-state index in [1.54, 1.807) is 0 Å². The summed E-state index contributed by atoms with van der Waals surface area (Å²) in [5.74, 6) is -0.476. The highest BCUT2D eigenvalue weighted by Gasteiger charge is 2.22. The van der Waals surface area contributed by atoms with E-state index in [9.17, 15) is 9.18 Å². The van der Waals surface area contributed by atoms with Gasteiger partial charge in [-0.1, -0.05) is 0 Å². The first-order valence-electron chi connectivity index (χ1n) is 4.40. The summed E-state index contributed by atoms with van der Waals surface area (Å²) in [6, 6.07) is 2.81. The van der Waals surface area contributed by atoms with Gasteiger partial charge in [-0.25, -0.2) is 9.37 Å². The molecule has 0 atom stereocenters. The molecule has 15 heavy (non-hydrogen) atoms. The summed E-state index contributed by atoms with van der Waals surface area (Å²) in [6.07, 6.45) is 1.48. The number of nitrogens with one attached hydrogen (secondary N) is 1. The summed E-state index contributed by atoms with van der Waals surface area (Å²) < 4.78 is 13.3. The van der Waals surface area contributed by atoms with Gasteiger partial charge in [0.25, 0.3) is 0 Å². The smallest absolute Gasteiger partial charge is 0.242 e. The summed E-state index contributed by atoms with van der Waals surface area (Å²) in [6.45, 7) is 1.38. The minimum Gasteiger partial charge on any atom is -0.307 e. The molecule has 2 heterocycles. The molecule has 1 aromatic heterocycles. The molecule has 4 nitrogen and oxygen atoms in total. The molecule has 0 radical (unpaired) electrons. The van der Waals surface area contributed by atoms with Crippen molar-refractivity contribution in [3.63, 3.8) is 0 Å². The second kappa shape index (κ2) is 5.04. The Hall–Kier alpha value is -1.20. The first-order valence-corrected chi connectivity index (χ1v) is 4.40. The molecule has 1 fully saturated rings. The fourth-order valence-corrected chi connectivity index (χ4v) is 1.41. The van der Waals surface area contributed by atoms with Crippen LogP contribution in [0.1, 0.15) is 0 Å². The van der Waals surface area contributed by atoms with Gasteiger partial charge in [-0.15, -0.1) is 12.4 Å². The molecule has 0 unspecified atom stereocenters. The third kappa shape index (κ3) is 2.43. The zero-order chi connectivity index (χ0) is 9.97. The van der Waals surface area contributed by atoms with Crippen molar-refractivity contribution in [2.24, 2.45) is 0 Å². The van der Waals surface area contributed by atoms with Crippen molar-refractivity contribution in [3.05, 3.63) is 24.1 Å². The predicted molar refractivity (Wildman–Crippen MR) is 56.7 cm³/mol. The second-order valence-corrected chi connectivity index (χ2v) is 3.03. The van der Waals surface area contributed by atoms with Gasteiger partial charge in [0.15, 0.2) is 11.6 Å². The Morgan fingerprint density at radius 3 is 3.00 bits per heavy atom. The van der Waals surface area contributed by atoms with Crippen molar-refractivity contribution in [2.45, 2.75) is 0 Å². The zero-order valence-corrected chi connectivity index (χ0v) is 8.76. The van der Waals surface area contributed by atoms with Crippen molar-refractivity contribution >= 4 is 24.1 Å². The van der Waals surface area contributed by atoms with Gasteiger partial charge in [0, 0.05) is 19.3 Å². The number of hydrogen-bond acceptors (Lipinski definition) is 3. The van der Waals surface area contributed by atoms with E-state index in [1.165, 1.54) is 23.2 Å². The lowest BCUT2D eigenvalue weighted by atomic mass is 10.3. The lowest BCUT2D eigenvalue weighted by molar-refractivity contribution is -0.118. The van der Waals surface area contributed by atoms with Crippen molar-refractivity contribution in [1.29, 1.82) is 0 Å². The van der Waals surface area contributed by atoms with Crippen LogP contribution in [-0.4, -0.2) is 30.5 Å². The number of carbonyl (C=O) groups is 1. The average Bonchev–Trinajstić information content (AvgIpc) is 2.20. The van der Waals surface area contributed by atoms with E-state index in [2.05, 4.69) is 10.3 Å². The maximum absolute atomic E-state index is 13.3. The molecule has 2 rings (SSSR count). The van der Waals surface area contributed by atoms with Gasteiger partial charge in [-0.05, 0) is 12.1 Å². The Morgan fingerprint density at radius 1 is 1.53 bits per heavy atom. The number of pyridine rings is 1. The summed E-state index contributed by atoms with van der Waals surface area (Å²) in [4.78, 5) is 16.6. The molecule has 1 amide bonds. The summed E-state index contributed by atoms with van der Waals surface area (Å²) in [7, 11) is 0. The number of amides is 1. The molecule has 1 aliphatic heterocycles. The molecule has 1 saturated heterocycles. The van der Waals surface area contributed by atoms with E-state index in [1.807, 2.05) is 0 Å². The van der Waals surface area contributed by atoms with E-state index in [0.29, 0.717) is 13.1 Å². The molecule has 6 heteroatoms. The monoisotopic (exact) mass is 231 g/mol. The van der Waals surface area contributed by atoms with Gasteiger partial charge in [-0.3, -0.25) is 9.69 Å². The summed E-state index contributed by atoms with van der Waals surface area (Å²) in [5, 5.41) is 2.91. The maximum atomic E-state index is 13.3. The molecule has 82 valence electrons. The van der Waals surface area contributed by atoms with Crippen LogP contribution in [0, 0.1) is 5.82 Å². The van der Waals surface area contributed by atoms with Gasteiger partial charge in [0.1, 0.15) is 0 Å². The molecular weight excluding hydrogens is 221 g/mol. The number of carbonyl (C=O) groups excluding carboxylic acids is 1. The average molecular weight is 232 g/mol. The first kappa shape index (κ1) is 11.9. The van der Waals surface area contributed by atoms with Crippen LogP contribution in [0.25, 0.3) is 0 Å². The number of piperazine rings is 1. The molecule has 0 bridgehead atoms. The van der Waals surface area contributed by atoms with Crippen molar-refractivity contribution < 1.29 is 9.18 Å². The van der Waals surface area contributed by atoms with E-state index in [-0.39, 0.29) is 30.7 Å². The minimum absolute atomic E-state index is 0. The fourth-order valence-electron chi connectivity index (χ4n) is 1.41. The Morgan fingerprint density at radius 2 is 2.33 bits per heavy atom. The topological polar surface area (TPSA) is 45.2 Å². The Labute approximate surface area is 92.9 Å². The standard InChI is InChI=1S/C9H10FN3O.ClH/c10-7-2-1-3-12-9(7)13-5-4-11-6-8(13)14;/h1-3,11H,4-6H2;1H. The second-order valence-electron chi connectivity index (χ2n) is 3.03. The lowest BCUT2D eigenvalue weighted by Crippen LogP contribution is -2.48. The number of rotatable bonds is 1. The molecule has 0 aromatic carbocycles. The van der Waals surface area contributed by atoms with Gasteiger partial charge < -0.3 is 5.32 Å². The van der Waals surface area contributed by atoms with Crippen LogP contribution < -0.4 is 10.2 Å². The van der Waals surface area contributed by atoms with Crippen LogP contribution in [-0.2, 0) is 4.79 Å². The summed E-state index contributed by atoms with van der Waals surface area (Å²) in [5.41, 5.74) is 0. The molecule has 0 aliphatic carbocycles. The molecule has 1 aliphatic rings. The third-order valence-electron chi connectivity index (χ3n) is 2.08. The highest BCUT2D eigenvalue weighted by Crippen LogP contribution is 2.15. The van der Waals surface area contributed by atoms with Gasteiger partial charge in [0.05, 0.1) is 6.54 Å². The largest absolute Gasteiger partial charge is 0.307 e. The zero-order valence-electron chi connectivity index (χ0n) is 7.94. The lowest BCUT2D eigenvalue weighted by Gasteiger charge is -2.26. The molecule has 0 saturated carbocycles. The normalized spacial score (nSPS) is 16.1. The molecule has 1 aromatic rings. The van der Waals surface area contributed by atoms with Crippen LogP contribution in [0.4, 0.5) is 10.2 Å². The molecule has 1 N–H and O–H groups in total. The van der Waals surface area contributed by atoms with Gasteiger partial charge in [0.2, 0.25) is 5.91 Å². The van der Waals surface area contributed by atoms with Crippen molar-refractivity contribution in [1.82, 2.24) is 10.3 Å². The van der Waals surface area contributed by atoms with E-state index in [0.717, 1.165) is 0 Å². The van der Waals surface area contributed by atoms with Gasteiger partial charge in [-0.2, -0.15) is 0 Å². The van der Waals surface area contributed by atoms with Gasteiger partial charge >= 0.3 is 0 Å². The molecule has 0 spiro atoms. The minimum atomic E-state index is -0.456. The third-order valence-corrected chi connectivity index (χ3v) is 2.08. The van der Waals surface area contributed by atoms with Crippen LogP contribution in [0.3, 0.4) is 0 Å². The predicted octanol–water partition coefficient (Wildman–Crippen LogP) is 0.579. The van der Waals surface area contributed by atoms with E-state index < -0.39 is 5.82 Å². The Balaban J connectivity index is 0.00000112. The van der Waals surface area contributed by atoms with E-state index in [4.69, 9.17) is 0 Å². The van der Waals surface area contributed by atoms with Crippen molar-refractivity contribution in [3.8, 4) is 0 Å². The number of aromatic nitrogens is 1. The van der Waals surface area contributed by atoms with Crippen LogP contribution >= 0.6 is 12.4 Å². The Kier molecular flexibility index (Phi) is 3.99. The number of nitrogens with zero attached hydrogens (tertiary/aromatic N) is 2. The Bertz CT molecular complexity index is 361. The summed E-state index contributed by atoms with van der Waals surface area (Å²) >= 11 is 0. The van der Waals surface area contributed by atoms with Crippen LogP contribution in [0.5, 0.6) is 0 Å². The quantitative estimate of drug-likeness (QED) is 0.769. The molecular formula is C9H11ClFN3O. The highest BCUT2D eigenvalue weighted by molar-refractivity contribution is 5.94. The number of halogens is 2. The van der Waals surface area contributed by atoms with Crippen molar-refractivity contribution in [2.75, 3.05) is 24.5 Å². The van der Waals surface area contributed by atoms with E-state index >= 15 is 0 Å². The first-order chi connectivity index (χ1) is 6.79. The number of hydrogen-bond donors (Lipinski definition) is 1. The SMILES string of the molecule is Cl.O=C1CNCCN1c1ncccc1F. The maximum Gasteiger partial charge on any atom is 0.242 e. The van der Waals surface area contributed by atoms with Crippen LogP contribution in [0.15, 0.2) is 18.3 Å².